The first-order valence-corrected chi connectivity index (χ1v) is 5.33. The minimum atomic E-state index is 0.247. The Hall–Kier alpha value is -0.770. The van der Waals surface area contributed by atoms with Gasteiger partial charge in [-0.3, -0.25) is 0 Å². The smallest absolute Gasteiger partial charge is 0.125 e. The molecule has 0 saturated heterocycles. The number of pyridine rings is 1. The van der Waals surface area contributed by atoms with Crippen molar-refractivity contribution in [2.75, 3.05) is 17.6 Å². The Morgan fingerprint density at radius 1 is 1.50 bits per heavy atom. The minimum absolute atomic E-state index is 0.247. The summed E-state index contributed by atoms with van der Waals surface area (Å²) in [5, 5.41) is 3.33. The highest BCUT2D eigenvalue weighted by Crippen LogP contribution is 2.24. The number of hydrogen-bond donors (Lipinski definition) is 2. The van der Waals surface area contributed by atoms with Gasteiger partial charge in [0.05, 0.1) is 10.2 Å². The molecular formula is C10H16BrN3. The van der Waals surface area contributed by atoms with Crippen LogP contribution in [0.5, 0.6) is 0 Å². The van der Waals surface area contributed by atoms with Crippen molar-refractivity contribution < 1.29 is 0 Å². The third-order valence-corrected chi connectivity index (χ3v) is 2.32. The molecular weight excluding hydrogens is 242 g/mol. The van der Waals surface area contributed by atoms with Gasteiger partial charge in [-0.15, -0.1) is 0 Å². The summed E-state index contributed by atoms with van der Waals surface area (Å²) in [6.07, 6.45) is 1.71. The monoisotopic (exact) mass is 257 g/mol. The van der Waals surface area contributed by atoms with Crippen LogP contribution in [-0.4, -0.2) is 11.5 Å². The summed E-state index contributed by atoms with van der Waals surface area (Å²) >= 11 is 3.42. The molecule has 0 atom stereocenters. The van der Waals surface area contributed by atoms with Gasteiger partial charge >= 0.3 is 0 Å². The maximum Gasteiger partial charge on any atom is 0.125 e. The van der Waals surface area contributed by atoms with Crippen molar-refractivity contribution in [3.05, 3.63) is 16.7 Å². The predicted octanol–water partition coefficient (Wildman–Crippen LogP) is 2.88. The van der Waals surface area contributed by atoms with Crippen molar-refractivity contribution in [2.24, 2.45) is 5.41 Å². The molecule has 0 saturated carbocycles. The van der Waals surface area contributed by atoms with Crippen LogP contribution in [-0.2, 0) is 0 Å². The summed E-state index contributed by atoms with van der Waals surface area (Å²) in [5.41, 5.74) is 6.84. The number of nitrogens with zero attached hydrogens (tertiary/aromatic N) is 1. The maximum atomic E-state index is 5.59. The summed E-state index contributed by atoms with van der Waals surface area (Å²) in [6, 6.07) is 1.83. The van der Waals surface area contributed by atoms with Crippen molar-refractivity contribution in [3.63, 3.8) is 0 Å². The molecule has 1 aromatic heterocycles. The van der Waals surface area contributed by atoms with Crippen molar-refractivity contribution in [3.8, 4) is 0 Å². The Labute approximate surface area is 93.2 Å². The van der Waals surface area contributed by atoms with Gasteiger partial charge in [-0.25, -0.2) is 4.98 Å². The average molecular weight is 258 g/mol. The molecule has 0 fully saturated rings. The molecule has 0 radical (unpaired) electrons. The molecule has 78 valence electrons. The Morgan fingerprint density at radius 3 is 2.71 bits per heavy atom. The Bertz CT molecular complexity index is 318. The zero-order chi connectivity index (χ0) is 10.8. The molecule has 0 aromatic carbocycles. The number of nitrogens with one attached hydrogen (secondary N) is 1. The van der Waals surface area contributed by atoms with E-state index in [4.69, 9.17) is 5.73 Å². The largest absolute Gasteiger partial charge is 0.384 e. The maximum absolute atomic E-state index is 5.59. The molecule has 1 heterocycles. The third-order valence-electron chi connectivity index (χ3n) is 1.69. The van der Waals surface area contributed by atoms with Crippen molar-refractivity contribution >= 4 is 27.4 Å². The molecule has 0 bridgehead atoms. The Kier molecular flexibility index (Phi) is 3.37. The van der Waals surface area contributed by atoms with Crippen LogP contribution in [0.3, 0.4) is 0 Å². The van der Waals surface area contributed by atoms with E-state index in [1.807, 2.05) is 6.07 Å². The lowest BCUT2D eigenvalue weighted by atomic mass is 9.97. The standard InChI is InChI=1S/C10H16BrN3/c1-10(2,3)6-14-8-4-9(12)13-5-7(8)11/h4-5H,6H2,1-3H3,(H3,12,13,14). The highest BCUT2D eigenvalue weighted by molar-refractivity contribution is 9.10. The van der Waals surface area contributed by atoms with Crippen molar-refractivity contribution in [2.45, 2.75) is 20.8 Å². The van der Waals surface area contributed by atoms with Crippen LogP contribution >= 0.6 is 15.9 Å². The fraction of sp³-hybridized carbons (Fsp3) is 0.500. The second-order valence-corrected chi connectivity index (χ2v) is 5.36. The van der Waals surface area contributed by atoms with Gasteiger partial charge in [0.1, 0.15) is 5.82 Å². The van der Waals surface area contributed by atoms with Crippen LogP contribution in [0, 0.1) is 5.41 Å². The molecule has 0 amide bonds. The second kappa shape index (κ2) is 4.17. The number of halogens is 1. The van der Waals surface area contributed by atoms with Crippen LogP contribution in [0.1, 0.15) is 20.8 Å². The summed E-state index contributed by atoms with van der Waals surface area (Å²) < 4.78 is 0.941. The van der Waals surface area contributed by atoms with E-state index < -0.39 is 0 Å². The Morgan fingerprint density at radius 2 is 2.14 bits per heavy atom. The molecule has 14 heavy (non-hydrogen) atoms. The lowest BCUT2D eigenvalue weighted by Crippen LogP contribution is -2.19. The minimum Gasteiger partial charge on any atom is -0.384 e. The quantitative estimate of drug-likeness (QED) is 0.857. The molecule has 3 nitrogen and oxygen atoms in total. The van der Waals surface area contributed by atoms with Crippen molar-refractivity contribution in [1.29, 1.82) is 0 Å². The highest BCUT2D eigenvalue weighted by Gasteiger charge is 2.10. The zero-order valence-corrected chi connectivity index (χ0v) is 10.4. The van der Waals surface area contributed by atoms with Crippen LogP contribution in [0.25, 0.3) is 0 Å². The van der Waals surface area contributed by atoms with Gasteiger partial charge in [0.25, 0.3) is 0 Å². The fourth-order valence-corrected chi connectivity index (χ4v) is 1.31. The van der Waals surface area contributed by atoms with Crippen molar-refractivity contribution in [1.82, 2.24) is 4.98 Å². The summed E-state index contributed by atoms with van der Waals surface area (Å²) in [4.78, 5) is 3.97. The molecule has 0 unspecified atom stereocenters. The molecule has 1 rings (SSSR count). The van der Waals surface area contributed by atoms with Crippen LogP contribution in [0.15, 0.2) is 16.7 Å². The molecule has 3 N–H and O–H groups in total. The first-order chi connectivity index (χ1) is 6.38. The summed E-state index contributed by atoms with van der Waals surface area (Å²) in [6.45, 7) is 7.43. The van der Waals surface area contributed by atoms with Gasteiger partial charge in [-0.2, -0.15) is 0 Å². The van der Waals surface area contributed by atoms with E-state index in [-0.39, 0.29) is 5.41 Å². The average Bonchev–Trinajstić information content (AvgIpc) is 2.05. The number of rotatable bonds is 2. The van der Waals surface area contributed by atoms with E-state index in [1.54, 1.807) is 6.20 Å². The molecule has 0 aliphatic rings. The van der Waals surface area contributed by atoms with E-state index >= 15 is 0 Å². The van der Waals surface area contributed by atoms with Crippen LogP contribution in [0.4, 0.5) is 11.5 Å². The summed E-state index contributed by atoms with van der Waals surface area (Å²) in [5.74, 6) is 0.532. The molecule has 0 aliphatic carbocycles. The number of hydrogen-bond acceptors (Lipinski definition) is 3. The van der Waals surface area contributed by atoms with Crippen LogP contribution in [0.2, 0.25) is 0 Å². The number of nitrogen functional groups attached to an aromatic ring is 1. The molecule has 0 spiro atoms. The van der Waals surface area contributed by atoms with Gasteiger partial charge in [-0.1, -0.05) is 20.8 Å². The highest BCUT2D eigenvalue weighted by atomic mass is 79.9. The summed E-state index contributed by atoms with van der Waals surface area (Å²) in [7, 11) is 0. The molecule has 0 aliphatic heterocycles. The predicted molar refractivity (Wildman–Crippen MR) is 64.3 cm³/mol. The second-order valence-electron chi connectivity index (χ2n) is 4.50. The van der Waals surface area contributed by atoms with E-state index in [9.17, 15) is 0 Å². The van der Waals surface area contributed by atoms with Gasteiger partial charge < -0.3 is 11.1 Å². The zero-order valence-electron chi connectivity index (χ0n) is 8.76. The van der Waals surface area contributed by atoms with E-state index in [2.05, 4.69) is 47.0 Å². The molecule has 4 heteroatoms. The van der Waals surface area contributed by atoms with Gasteiger partial charge in [0.2, 0.25) is 0 Å². The number of anilines is 2. The number of nitrogens with two attached hydrogens (primary N) is 1. The van der Waals surface area contributed by atoms with Gasteiger partial charge in [0, 0.05) is 18.8 Å². The lowest BCUT2D eigenvalue weighted by Gasteiger charge is -2.20. The lowest BCUT2D eigenvalue weighted by molar-refractivity contribution is 0.443. The third kappa shape index (κ3) is 3.54. The van der Waals surface area contributed by atoms with E-state index in [0.717, 1.165) is 16.7 Å². The SMILES string of the molecule is CC(C)(C)CNc1cc(N)ncc1Br. The van der Waals surface area contributed by atoms with Gasteiger partial charge in [0.15, 0.2) is 0 Å². The van der Waals surface area contributed by atoms with Gasteiger partial charge in [-0.05, 0) is 21.3 Å². The topological polar surface area (TPSA) is 50.9 Å². The van der Waals surface area contributed by atoms with E-state index in [0.29, 0.717) is 5.82 Å². The Balaban J connectivity index is 2.72. The molecule has 1 aromatic rings. The normalized spacial score (nSPS) is 11.4. The first kappa shape index (κ1) is 11.3. The first-order valence-electron chi connectivity index (χ1n) is 4.53. The fourth-order valence-electron chi connectivity index (χ4n) is 0.951. The van der Waals surface area contributed by atoms with Crippen LogP contribution < -0.4 is 11.1 Å². The number of aromatic nitrogens is 1. The van der Waals surface area contributed by atoms with E-state index in [1.165, 1.54) is 0 Å².